The van der Waals surface area contributed by atoms with Crippen molar-refractivity contribution in [3.05, 3.63) is 64.7 Å². The highest BCUT2D eigenvalue weighted by molar-refractivity contribution is 6.09. The third kappa shape index (κ3) is 6.01. The molecule has 8 nitrogen and oxygen atoms in total. The number of esters is 1. The van der Waals surface area contributed by atoms with Gasteiger partial charge in [0.1, 0.15) is 12.4 Å². The number of carbonyl (C=O) groups excluding carboxylic acids is 2. The van der Waals surface area contributed by atoms with Gasteiger partial charge in [0, 0.05) is 30.1 Å². The molecule has 0 bridgehead atoms. The van der Waals surface area contributed by atoms with Crippen molar-refractivity contribution in [2.75, 3.05) is 26.3 Å². The summed E-state index contributed by atoms with van der Waals surface area (Å²) in [5, 5.41) is 15.4. The van der Waals surface area contributed by atoms with Crippen molar-refractivity contribution in [1.82, 2.24) is 5.01 Å². The molecule has 4 rings (SSSR count). The number of aliphatic hydroxyl groups is 1. The third-order valence-electron chi connectivity index (χ3n) is 6.19. The van der Waals surface area contributed by atoms with Gasteiger partial charge in [-0.25, -0.2) is 0 Å². The molecule has 34 heavy (non-hydrogen) atoms. The summed E-state index contributed by atoms with van der Waals surface area (Å²) in [5.74, 6) is -0.176. The number of hydrogen-bond acceptors (Lipinski definition) is 8. The van der Waals surface area contributed by atoms with Gasteiger partial charge in [0.25, 0.3) is 0 Å². The van der Waals surface area contributed by atoms with Crippen LogP contribution in [0.4, 0.5) is 0 Å². The van der Waals surface area contributed by atoms with Gasteiger partial charge in [-0.2, -0.15) is 5.10 Å². The molecule has 0 aromatic heterocycles. The second-order valence-electron chi connectivity index (χ2n) is 8.73. The first-order valence-electron chi connectivity index (χ1n) is 11.8. The molecule has 2 aromatic carbocycles. The molecule has 2 heterocycles. The van der Waals surface area contributed by atoms with Crippen molar-refractivity contribution in [3.8, 4) is 5.75 Å². The van der Waals surface area contributed by atoms with E-state index < -0.39 is 12.2 Å². The molecule has 3 N–H and O–H groups in total. The van der Waals surface area contributed by atoms with Gasteiger partial charge in [-0.1, -0.05) is 24.3 Å². The monoisotopic (exact) mass is 465 g/mol. The first-order chi connectivity index (χ1) is 16.5. The van der Waals surface area contributed by atoms with Gasteiger partial charge in [-0.05, 0) is 55.0 Å². The predicted molar refractivity (Wildman–Crippen MR) is 128 cm³/mol. The Balaban J connectivity index is 1.42. The van der Waals surface area contributed by atoms with Crippen LogP contribution in [0.1, 0.15) is 52.7 Å². The minimum Gasteiger partial charge on any atom is -0.475 e. The maximum Gasteiger partial charge on any atom is 0.306 e. The number of fused-ring (bicyclic) bond motifs is 1. The van der Waals surface area contributed by atoms with Crippen molar-refractivity contribution in [1.29, 1.82) is 0 Å². The lowest BCUT2D eigenvalue weighted by molar-refractivity contribution is -0.146. The molecule has 8 heteroatoms. The smallest absolute Gasteiger partial charge is 0.306 e. The van der Waals surface area contributed by atoms with Crippen molar-refractivity contribution >= 4 is 18.0 Å². The van der Waals surface area contributed by atoms with Crippen LogP contribution in [0.15, 0.2) is 47.6 Å². The molecule has 0 aliphatic carbocycles. The van der Waals surface area contributed by atoms with E-state index in [2.05, 4.69) is 10.1 Å². The van der Waals surface area contributed by atoms with Crippen LogP contribution in [-0.4, -0.2) is 60.6 Å². The normalized spacial score (nSPS) is 20.0. The van der Waals surface area contributed by atoms with Crippen LogP contribution in [0.2, 0.25) is 0 Å². The summed E-state index contributed by atoms with van der Waals surface area (Å²) in [7, 11) is 0. The van der Waals surface area contributed by atoms with Crippen molar-refractivity contribution in [2.45, 2.75) is 38.3 Å². The Labute approximate surface area is 199 Å². The molecule has 1 fully saturated rings. The quantitative estimate of drug-likeness (QED) is 0.350. The Morgan fingerprint density at radius 3 is 2.59 bits per heavy atom. The highest BCUT2D eigenvalue weighted by Gasteiger charge is 2.30. The fraction of sp³-hybridized carbons (Fsp3) is 0.423. The third-order valence-corrected chi connectivity index (χ3v) is 6.19. The summed E-state index contributed by atoms with van der Waals surface area (Å²) in [6.07, 6.45) is 5.40. The molecular formula is C26H31N3O5. The molecule has 0 radical (unpaired) electrons. The Kier molecular flexibility index (Phi) is 7.92. The zero-order chi connectivity index (χ0) is 23.9. The maximum atomic E-state index is 13.1. The molecule has 2 unspecified atom stereocenters. The molecule has 0 amide bonds. The predicted octanol–water partition coefficient (Wildman–Crippen LogP) is 2.50. The second-order valence-corrected chi connectivity index (χ2v) is 8.73. The van der Waals surface area contributed by atoms with Crippen molar-refractivity contribution in [3.63, 3.8) is 0 Å². The summed E-state index contributed by atoms with van der Waals surface area (Å²) in [4.78, 5) is 25.0. The number of benzene rings is 2. The van der Waals surface area contributed by atoms with E-state index in [1.165, 1.54) is 19.3 Å². The van der Waals surface area contributed by atoms with E-state index in [0.717, 1.165) is 24.2 Å². The molecule has 180 valence electrons. The molecule has 0 saturated carbocycles. The molecule has 1 saturated heterocycles. The van der Waals surface area contributed by atoms with E-state index in [9.17, 15) is 9.59 Å². The fourth-order valence-corrected chi connectivity index (χ4v) is 4.29. The van der Waals surface area contributed by atoms with Crippen LogP contribution in [0.5, 0.6) is 5.75 Å². The lowest BCUT2D eigenvalue weighted by Gasteiger charge is -2.30. The highest BCUT2D eigenvalue weighted by Crippen LogP contribution is 2.32. The number of piperidine rings is 1. The average molecular weight is 466 g/mol. The van der Waals surface area contributed by atoms with Crippen LogP contribution in [0.3, 0.4) is 0 Å². The van der Waals surface area contributed by atoms with Gasteiger partial charge in [0.15, 0.2) is 12.0 Å². The van der Waals surface area contributed by atoms with E-state index in [-0.39, 0.29) is 31.3 Å². The Bertz CT molecular complexity index is 1030. The Hall–Kier alpha value is -3.23. The lowest BCUT2D eigenvalue weighted by atomic mass is 9.90. The van der Waals surface area contributed by atoms with E-state index in [0.29, 0.717) is 23.3 Å². The summed E-state index contributed by atoms with van der Waals surface area (Å²) >= 11 is 0. The van der Waals surface area contributed by atoms with E-state index in [1.54, 1.807) is 18.2 Å². The average Bonchev–Trinajstić information content (AvgIpc) is 2.87. The summed E-state index contributed by atoms with van der Waals surface area (Å²) in [6, 6.07) is 12.7. The van der Waals surface area contributed by atoms with Gasteiger partial charge in [0.2, 0.25) is 0 Å². The van der Waals surface area contributed by atoms with Crippen LogP contribution in [0, 0.1) is 5.92 Å². The van der Waals surface area contributed by atoms with Crippen LogP contribution in [-0.2, 0) is 16.0 Å². The van der Waals surface area contributed by atoms with Gasteiger partial charge < -0.3 is 14.6 Å². The topological polar surface area (TPSA) is 114 Å². The number of nitrogens with zero attached hydrogens (tertiary/aromatic N) is 2. The number of carbonyl (C=O) groups is 2. The zero-order valence-electron chi connectivity index (χ0n) is 19.2. The largest absolute Gasteiger partial charge is 0.475 e. The Morgan fingerprint density at radius 2 is 1.85 bits per heavy atom. The molecule has 2 atom stereocenters. The molecule has 0 spiro atoms. The maximum absolute atomic E-state index is 13.1. The number of rotatable bonds is 8. The number of hydrazone groups is 1. The van der Waals surface area contributed by atoms with E-state index in [1.807, 2.05) is 30.5 Å². The van der Waals surface area contributed by atoms with Crippen molar-refractivity contribution in [2.24, 2.45) is 16.8 Å². The van der Waals surface area contributed by atoms with Crippen LogP contribution >= 0.6 is 0 Å². The van der Waals surface area contributed by atoms with Gasteiger partial charge in [0.05, 0.1) is 19.2 Å². The Morgan fingerprint density at radius 1 is 1.12 bits per heavy atom. The van der Waals surface area contributed by atoms with Crippen molar-refractivity contribution < 1.29 is 24.2 Å². The summed E-state index contributed by atoms with van der Waals surface area (Å²) in [5.41, 5.74) is 9.01. The SMILES string of the molecule is NC1Oc2ccc(C(=O)c3ccc(C=NN4CCCCC4)cc3)cc2CC1CC(=O)OCCO. The second kappa shape index (κ2) is 11.3. The standard InChI is InChI=1S/C26H31N3O5/c27-26-22(16-24(31)33-13-12-30)15-21-14-20(8-9-23(21)34-26)25(32)19-6-4-18(5-7-19)17-28-29-10-2-1-3-11-29/h4-9,14,17,22,26,30H,1-3,10-13,15-16,27H2. The molecule has 2 aliphatic rings. The number of nitrogens with two attached hydrogens (primary N) is 1. The zero-order valence-corrected chi connectivity index (χ0v) is 19.2. The molecule has 2 aliphatic heterocycles. The minimum absolute atomic E-state index is 0.0419. The fourth-order valence-electron chi connectivity index (χ4n) is 4.29. The number of ketones is 1. The van der Waals surface area contributed by atoms with Gasteiger partial charge in [-0.3, -0.25) is 20.3 Å². The number of ether oxygens (including phenoxy) is 2. The first-order valence-corrected chi connectivity index (χ1v) is 11.8. The molecular weight excluding hydrogens is 434 g/mol. The van der Waals surface area contributed by atoms with Gasteiger partial charge >= 0.3 is 5.97 Å². The summed E-state index contributed by atoms with van der Waals surface area (Å²) in [6.45, 7) is 1.72. The first kappa shape index (κ1) is 23.9. The highest BCUT2D eigenvalue weighted by atomic mass is 16.5. The number of aliphatic hydroxyl groups excluding tert-OH is 1. The number of hydrogen-bond donors (Lipinski definition) is 2. The molecule has 2 aromatic rings. The van der Waals surface area contributed by atoms with Crippen LogP contribution in [0.25, 0.3) is 0 Å². The summed E-state index contributed by atoms with van der Waals surface area (Å²) < 4.78 is 10.7. The lowest BCUT2D eigenvalue weighted by Crippen LogP contribution is -2.41. The van der Waals surface area contributed by atoms with Gasteiger partial charge in [-0.15, -0.1) is 0 Å². The van der Waals surface area contributed by atoms with Crippen LogP contribution < -0.4 is 10.5 Å². The minimum atomic E-state index is -0.644. The van der Waals surface area contributed by atoms with E-state index in [4.69, 9.17) is 20.3 Å². The van der Waals surface area contributed by atoms with E-state index >= 15 is 0 Å².